The minimum absolute atomic E-state index is 0.142. The lowest BCUT2D eigenvalue weighted by molar-refractivity contribution is -0.136. The smallest absolute Gasteiger partial charge is 0.228 e. The van der Waals surface area contributed by atoms with E-state index in [1.165, 1.54) is 0 Å². The molecule has 0 aliphatic carbocycles. The van der Waals surface area contributed by atoms with Crippen molar-refractivity contribution < 1.29 is 9.32 Å². The van der Waals surface area contributed by atoms with Crippen LogP contribution in [0.3, 0.4) is 0 Å². The van der Waals surface area contributed by atoms with Crippen LogP contribution in [0.4, 0.5) is 0 Å². The number of nitrogens with one attached hydrogen (secondary N) is 1. The molecule has 1 aliphatic rings. The number of nitrogens with zero attached hydrogens (tertiary/aromatic N) is 2. The van der Waals surface area contributed by atoms with Crippen molar-refractivity contribution in [2.75, 3.05) is 20.1 Å². The quantitative estimate of drug-likeness (QED) is 0.770. The van der Waals surface area contributed by atoms with Gasteiger partial charge in [-0.05, 0) is 6.92 Å². The lowest BCUT2D eigenvalue weighted by Crippen LogP contribution is -2.51. The summed E-state index contributed by atoms with van der Waals surface area (Å²) < 4.78 is 4.95. The molecule has 0 unspecified atom stereocenters. The molecule has 82 valence electrons. The fourth-order valence-corrected chi connectivity index (χ4v) is 1.59. The van der Waals surface area contributed by atoms with Crippen LogP contribution in [0.2, 0.25) is 0 Å². The first-order valence-electron chi connectivity index (χ1n) is 5.04. The third-order valence-electron chi connectivity index (χ3n) is 2.58. The van der Waals surface area contributed by atoms with E-state index in [9.17, 15) is 4.79 Å². The maximum Gasteiger partial charge on any atom is 0.228 e. The molecule has 0 bridgehead atoms. The lowest BCUT2D eigenvalue weighted by atomic mass is 10.0. The molecule has 0 radical (unpaired) electrons. The number of carbonyl (C=O) groups is 1. The molecule has 5 nitrogen and oxygen atoms in total. The highest BCUT2D eigenvalue weighted by atomic mass is 16.5. The summed E-state index contributed by atoms with van der Waals surface area (Å²) >= 11 is 0. The Bertz CT molecular complexity index is 357. The zero-order valence-corrected chi connectivity index (χ0v) is 8.99. The Kier molecular flexibility index (Phi) is 2.73. The molecule has 1 amide bonds. The van der Waals surface area contributed by atoms with Gasteiger partial charge >= 0.3 is 0 Å². The Morgan fingerprint density at radius 2 is 2.47 bits per heavy atom. The molecule has 1 saturated heterocycles. The van der Waals surface area contributed by atoms with Crippen molar-refractivity contribution in [3.05, 3.63) is 17.5 Å². The molecule has 2 heterocycles. The van der Waals surface area contributed by atoms with E-state index in [2.05, 4.69) is 10.5 Å². The van der Waals surface area contributed by atoms with Crippen LogP contribution < -0.4 is 5.32 Å². The van der Waals surface area contributed by atoms with Crippen LogP contribution in [0.5, 0.6) is 0 Å². The Morgan fingerprint density at radius 3 is 2.93 bits per heavy atom. The number of aromatic nitrogens is 1. The molecule has 1 N–H and O–H groups in total. The van der Waals surface area contributed by atoms with E-state index in [1.54, 1.807) is 11.9 Å². The van der Waals surface area contributed by atoms with Gasteiger partial charge in [-0.1, -0.05) is 5.16 Å². The van der Waals surface area contributed by atoms with Crippen molar-refractivity contribution >= 4 is 5.91 Å². The molecular formula is C10H15N3O2. The van der Waals surface area contributed by atoms with E-state index in [0.29, 0.717) is 6.54 Å². The van der Waals surface area contributed by atoms with Crippen LogP contribution in [-0.2, 0) is 11.3 Å². The summed E-state index contributed by atoms with van der Waals surface area (Å²) in [6.07, 6.45) is 0. The molecule has 0 atom stereocenters. The summed E-state index contributed by atoms with van der Waals surface area (Å²) in [6.45, 7) is 3.95. The minimum Gasteiger partial charge on any atom is -0.361 e. The molecule has 1 fully saturated rings. The van der Waals surface area contributed by atoms with Gasteiger partial charge in [-0.15, -0.1) is 0 Å². The van der Waals surface area contributed by atoms with Gasteiger partial charge in [0.1, 0.15) is 11.5 Å². The standard InChI is InChI=1S/C10H15N3O2/c1-7-3-9(12-15-7)6-13(2)10(14)8-4-11-5-8/h3,8,11H,4-6H2,1-2H3. The van der Waals surface area contributed by atoms with Crippen molar-refractivity contribution in [2.24, 2.45) is 5.92 Å². The van der Waals surface area contributed by atoms with Gasteiger partial charge in [0.15, 0.2) is 0 Å². The fourth-order valence-electron chi connectivity index (χ4n) is 1.59. The van der Waals surface area contributed by atoms with Crippen molar-refractivity contribution in [3.8, 4) is 0 Å². The fraction of sp³-hybridized carbons (Fsp3) is 0.600. The van der Waals surface area contributed by atoms with E-state index < -0.39 is 0 Å². The highest BCUT2D eigenvalue weighted by Gasteiger charge is 2.27. The Hall–Kier alpha value is -1.36. The first-order chi connectivity index (χ1) is 7.16. The van der Waals surface area contributed by atoms with Gasteiger partial charge in [0.2, 0.25) is 5.91 Å². The largest absolute Gasteiger partial charge is 0.361 e. The second kappa shape index (κ2) is 4.02. The topological polar surface area (TPSA) is 58.4 Å². The second-order valence-corrected chi connectivity index (χ2v) is 3.98. The molecule has 1 aliphatic heterocycles. The van der Waals surface area contributed by atoms with Gasteiger partial charge < -0.3 is 14.7 Å². The van der Waals surface area contributed by atoms with Crippen molar-refractivity contribution in [3.63, 3.8) is 0 Å². The predicted molar refractivity (Wildman–Crippen MR) is 54.1 cm³/mol. The second-order valence-electron chi connectivity index (χ2n) is 3.98. The normalized spacial score (nSPS) is 16.1. The van der Waals surface area contributed by atoms with Crippen molar-refractivity contribution in [1.82, 2.24) is 15.4 Å². The number of amides is 1. The third kappa shape index (κ3) is 2.18. The van der Waals surface area contributed by atoms with Crippen LogP contribution >= 0.6 is 0 Å². The molecule has 5 heteroatoms. The lowest BCUT2D eigenvalue weighted by Gasteiger charge is -2.29. The molecule has 1 aromatic rings. The highest BCUT2D eigenvalue weighted by molar-refractivity contribution is 5.79. The minimum atomic E-state index is 0.142. The predicted octanol–water partition coefficient (Wildman–Crippen LogP) is 0.161. The maximum atomic E-state index is 11.8. The van der Waals surface area contributed by atoms with Gasteiger partial charge in [0, 0.05) is 26.2 Å². The Balaban J connectivity index is 1.91. The molecule has 0 spiro atoms. The molecule has 0 saturated carbocycles. The van der Waals surface area contributed by atoms with Crippen molar-refractivity contribution in [1.29, 1.82) is 0 Å². The summed E-state index contributed by atoms with van der Waals surface area (Å²) in [5.41, 5.74) is 0.802. The first kappa shape index (κ1) is 10.2. The summed E-state index contributed by atoms with van der Waals surface area (Å²) in [6, 6.07) is 1.85. The zero-order chi connectivity index (χ0) is 10.8. The van der Waals surface area contributed by atoms with E-state index in [0.717, 1.165) is 24.5 Å². The number of rotatable bonds is 3. The number of hydrogen-bond donors (Lipinski definition) is 1. The molecular weight excluding hydrogens is 194 g/mol. The van der Waals surface area contributed by atoms with Crippen LogP contribution in [0, 0.1) is 12.8 Å². The van der Waals surface area contributed by atoms with E-state index in [-0.39, 0.29) is 11.8 Å². The van der Waals surface area contributed by atoms with Crippen molar-refractivity contribution in [2.45, 2.75) is 13.5 Å². The van der Waals surface area contributed by atoms with Crippen LogP contribution in [0.1, 0.15) is 11.5 Å². The monoisotopic (exact) mass is 209 g/mol. The van der Waals surface area contributed by atoms with Crippen LogP contribution in [-0.4, -0.2) is 36.1 Å². The van der Waals surface area contributed by atoms with Crippen LogP contribution in [0.15, 0.2) is 10.6 Å². The number of aryl methyl sites for hydroxylation is 1. The van der Waals surface area contributed by atoms with Crippen LogP contribution in [0.25, 0.3) is 0 Å². The number of hydrogen-bond acceptors (Lipinski definition) is 4. The SMILES string of the molecule is Cc1cc(CN(C)C(=O)C2CNC2)no1. The molecule has 2 rings (SSSR count). The third-order valence-corrected chi connectivity index (χ3v) is 2.58. The average Bonchev–Trinajstić information content (AvgIpc) is 2.48. The molecule has 15 heavy (non-hydrogen) atoms. The Labute approximate surface area is 88.4 Å². The molecule has 1 aromatic heterocycles. The van der Waals surface area contributed by atoms with E-state index in [1.807, 2.05) is 13.0 Å². The van der Waals surface area contributed by atoms with Gasteiger partial charge in [0.25, 0.3) is 0 Å². The average molecular weight is 209 g/mol. The summed E-state index contributed by atoms with van der Waals surface area (Å²) in [4.78, 5) is 13.5. The zero-order valence-electron chi connectivity index (χ0n) is 8.99. The summed E-state index contributed by atoms with van der Waals surface area (Å²) in [5.74, 6) is 1.09. The van der Waals surface area contributed by atoms with Gasteiger partial charge in [-0.2, -0.15) is 0 Å². The molecule has 0 aromatic carbocycles. The van der Waals surface area contributed by atoms with Gasteiger partial charge in [0.05, 0.1) is 12.5 Å². The first-order valence-corrected chi connectivity index (χ1v) is 5.04. The van der Waals surface area contributed by atoms with E-state index >= 15 is 0 Å². The van der Waals surface area contributed by atoms with Gasteiger partial charge in [-0.3, -0.25) is 4.79 Å². The van der Waals surface area contributed by atoms with Gasteiger partial charge in [-0.25, -0.2) is 0 Å². The summed E-state index contributed by atoms with van der Waals surface area (Å²) in [7, 11) is 1.80. The maximum absolute atomic E-state index is 11.8. The highest BCUT2D eigenvalue weighted by Crippen LogP contribution is 2.10. The summed E-state index contributed by atoms with van der Waals surface area (Å²) in [5, 5.41) is 6.94. The number of carbonyl (C=O) groups excluding carboxylic acids is 1. The van der Waals surface area contributed by atoms with E-state index in [4.69, 9.17) is 4.52 Å². The Morgan fingerprint density at radius 1 is 1.73 bits per heavy atom.